The quantitative estimate of drug-likeness (QED) is 0.748. The first kappa shape index (κ1) is 10.4. The Hall–Kier alpha value is -0.0800. The van der Waals surface area contributed by atoms with Gasteiger partial charge in [0, 0.05) is 13.1 Å². The highest BCUT2D eigenvalue weighted by molar-refractivity contribution is 4.86. The van der Waals surface area contributed by atoms with E-state index in [0.717, 1.165) is 25.4 Å². The Morgan fingerprint density at radius 1 is 1.36 bits per heavy atom. The average Bonchev–Trinajstić information content (AvgIpc) is 2.70. The van der Waals surface area contributed by atoms with Crippen LogP contribution in [0.1, 0.15) is 45.4 Å². The highest BCUT2D eigenvalue weighted by Crippen LogP contribution is 2.28. The molecule has 1 N–H and O–H groups in total. The maximum absolute atomic E-state index is 9.82. The molecule has 1 unspecified atom stereocenters. The summed E-state index contributed by atoms with van der Waals surface area (Å²) in [7, 11) is 0. The van der Waals surface area contributed by atoms with Gasteiger partial charge in [0.15, 0.2) is 0 Å². The van der Waals surface area contributed by atoms with Crippen LogP contribution in [-0.4, -0.2) is 35.2 Å². The van der Waals surface area contributed by atoms with Crippen molar-refractivity contribution in [2.45, 2.75) is 51.0 Å². The molecule has 2 fully saturated rings. The summed E-state index contributed by atoms with van der Waals surface area (Å²) in [5, 5.41) is 9.82. The molecule has 2 rings (SSSR count). The Labute approximate surface area is 87.3 Å². The van der Waals surface area contributed by atoms with E-state index in [2.05, 4.69) is 4.90 Å². The van der Waals surface area contributed by atoms with Crippen LogP contribution in [0.15, 0.2) is 0 Å². The van der Waals surface area contributed by atoms with Gasteiger partial charge in [-0.25, -0.2) is 0 Å². The molecule has 0 aromatic rings. The Morgan fingerprint density at radius 2 is 2.07 bits per heavy atom. The van der Waals surface area contributed by atoms with E-state index in [9.17, 15) is 5.11 Å². The third kappa shape index (κ3) is 2.71. The Bertz CT molecular complexity index is 185. The van der Waals surface area contributed by atoms with Crippen molar-refractivity contribution in [2.24, 2.45) is 5.92 Å². The van der Waals surface area contributed by atoms with Crippen LogP contribution < -0.4 is 0 Å². The van der Waals surface area contributed by atoms with E-state index in [1.807, 2.05) is 6.92 Å². The van der Waals surface area contributed by atoms with Gasteiger partial charge in [-0.1, -0.05) is 25.7 Å². The molecule has 1 saturated heterocycles. The second-order valence-corrected chi connectivity index (χ2v) is 5.46. The lowest BCUT2D eigenvalue weighted by atomic mass is 10.0. The van der Waals surface area contributed by atoms with Crippen LogP contribution >= 0.6 is 0 Å². The van der Waals surface area contributed by atoms with Crippen LogP contribution in [0, 0.1) is 5.92 Å². The lowest BCUT2D eigenvalue weighted by Gasteiger charge is -2.20. The summed E-state index contributed by atoms with van der Waals surface area (Å²) in [5.41, 5.74) is -0.407. The third-order valence-corrected chi connectivity index (χ3v) is 3.86. The number of hydrogen-bond donors (Lipinski definition) is 1. The Balaban J connectivity index is 1.66. The first-order valence-electron chi connectivity index (χ1n) is 6.10. The van der Waals surface area contributed by atoms with Crippen LogP contribution in [0.5, 0.6) is 0 Å². The van der Waals surface area contributed by atoms with Crippen LogP contribution in [-0.2, 0) is 0 Å². The van der Waals surface area contributed by atoms with E-state index in [4.69, 9.17) is 0 Å². The molecule has 0 bridgehead atoms. The van der Waals surface area contributed by atoms with Gasteiger partial charge in [-0.2, -0.15) is 0 Å². The highest BCUT2D eigenvalue weighted by Gasteiger charge is 2.31. The number of nitrogens with zero attached hydrogens (tertiary/aromatic N) is 1. The standard InChI is InChI=1S/C12H23NO/c1-12(14)7-9-13(10-12)8-6-11-4-2-3-5-11/h11,14H,2-10H2,1H3. The second kappa shape index (κ2) is 4.19. The molecule has 2 heteroatoms. The Kier molecular flexibility index (Phi) is 3.13. The summed E-state index contributed by atoms with van der Waals surface area (Å²) in [5.74, 6) is 0.987. The lowest BCUT2D eigenvalue weighted by molar-refractivity contribution is 0.0681. The summed E-state index contributed by atoms with van der Waals surface area (Å²) in [6, 6.07) is 0. The predicted octanol–water partition coefficient (Wildman–Crippen LogP) is 2.02. The maximum Gasteiger partial charge on any atom is 0.0758 e. The molecule has 1 atom stereocenters. The van der Waals surface area contributed by atoms with E-state index in [0.29, 0.717) is 0 Å². The van der Waals surface area contributed by atoms with Crippen LogP contribution in [0.4, 0.5) is 0 Å². The normalized spacial score (nSPS) is 35.6. The second-order valence-electron chi connectivity index (χ2n) is 5.46. The molecular weight excluding hydrogens is 174 g/mol. The molecule has 0 aromatic heterocycles. The minimum absolute atomic E-state index is 0.407. The van der Waals surface area contributed by atoms with Crippen molar-refractivity contribution in [3.05, 3.63) is 0 Å². The van der Waals surface area contributed by atoms with E-state index < -0.39 is 5.60 Å². The number of rotatable bonds is 3. The summed E-state index contributed by atoms with van der Waals surface area (Å²) < 4.78 is 0. The zero-order valence-corrected chi connectivity index (χ0v) is 9.34. The van der Waals surface area contributed by atoms with Crippen molar-refractivity contribution in [1.82, 2.24) is 4.90 Å². The molecule has 0 radical (unpaired) electrons. The Morgan fingerprint density at radius 3 is 2.64 bits per heavy atom. The van der Waals surface area contributed by atoms with Crippen molar-refractivity contribution in [3.8, 4) is 0 Å². The molecule has 82 valence electrons. The zero-order chi connectivity index (χ0) is 10.0. The van der Waals surface area contributed by atoms with E-state index in [1.54, 1.807) is 0 Å². The summed E-state index contributed by atoms with van der Waals surface area (Å²) in [6.45, 7) is 5.16. The minimum atomic E-state index is -0.407. The molecule has 0 amide bonds. The van der Waals surface area contributed by atoms with Gasteiger partial charge in [0.25, 0.3) is 0 Å². The van der Waals surface area contributed by atoms with Gasteiger partial charge in [-0.3, -0.25) is 0 Å². The van der Waals surface area contributed by atoms with Gasteiger partial charge in [0.05, 0.1) is 5.60 Å². The van der Waals surface area contributed by atoms with Crippen molar-refractivity contribution < 1.29 is 5.11 Å². The van der Waals surface area contributed by atoms with Crippen LogP contribution in [0.3, 0.4) is 0 Å². The molecule has 1 aliphatic heterocycles. The van der Waals surface area contributed by atoms with E-state index in [-0.39, 0.29) is 0 Å². The van der Waals surface area contributed by atoms with E-state index in [1.165, 1.54) is 38.6 Å². The third-order valence-electron chi connectivity index (χ3n) is 3.86. The van der Waals surface area contributed by atoms with Gasteiger partial charge < -0.3 is 10.0 Å². The molecule has 1 heterocycles. The average molecular weight is 197 g/mol. The SMILES string of the molecule is CC1(O)CCN(CCC2CCCC2)C1. The van der Waals surface area contributed by atoms with E-state index >= 15 is 0 Å². The molecule has 0 spiro atoms. The molecule has 14 heavy (non-hydrogen) atoms. The fourth-order valence-electron chi connectivity index (χ4n) is 2.89. The van der Waals surface area contributed by atoms with Gasteiger partial charge in [0.1, 0.15) is 0 Å². The van der Waals surface area contributed by atoms with Gasteiger partial charge in [-0.05, 0) is 32.2 Å². The summed E-state index contributed by atoms with van der Waals surface area (Å²) in [6.07, 6.45) is 8.10. The molecule has 0 aromatic carbocycles. The van der Waals surface area contributed by atoms with Crippen molar-refractivity contribution in [1.29, 1.82) is 0 Å². The predicted molar refractivity (Wildman–Crippen MR) is 58.3 cm³/mol. The number of aliphatic hydroxyl groups is 1. The summed E-state index contributed by atoms with van der Waals surface area (Å²) >= 11 is 0. The molecule has 1 aliphatic carbocycles. The van der Waals surface area contributed by atoms with Crippen LogP contribution in [0.2, 0.25) is 0 Å². The fourth-order valence-corrected chi connectivity index (χ4v) is 2.89. The summed E-state index contributed by atoms with van der Waals surface area (Å²) in [4.78, 5) is 2.43. The fraction of sp³-hybridized carbons (Fsp3) is 1.00. The molecule has 2 aliphatic rings. The van der Waals surface area contributed by atoms with Crippen LogP contribution in [0.25, 0.3) is 0 Å². The van der Waals surface area contributed by atoms with Crippen molar-refractivity contribution in [3.63, 3.8) is 0 Å². The van der Waals surface area contributed by atoms with Crippen molar-refractivity contribution in [2.75, 3.05) is 19.6 Å². The van der Waals surface area contributed by atoms with Crippen molar-refractivity contribution >= 4 is 0 Å². The van der Waals surface area contributed by atoms with Gasteiger partial charge >= 0.3 is 0 Å². The number of hydrogen-bond acceptors (Lipinski definition) is 2. The number of β-amino-alcohol motifs (C(OH)–C–C–N with tert-alkyl or cyclic N) is 1. The minimum Gasteiger partial charge on any atom is -0.389 e. The monoisotopic (exact) mass is 197 g/mol. The molecule has 1 saturated carbocycles. The molecule has 2 nitrogen and oxygen atoms in total. The highest BCUT2D eigenvalue weighted by atomic mass is 16.3. The zero-order valence-electron chi connectivity index (χ0n) is 9.34. The topological polar surface area (TPSA) is 23.5 Å². The first-order valence-corrected chi connectivity index (χ1v) is 6.10. The first-order chi connectivity index (χ1) is 6.66. The van der Waals surface area contributed by atoms with Gasteiger partial charge in [0.2, 0.25) is 0 Å². The molecular formula is C12H23NO. The van der Waals surface area contributed by atoms with Gasteiger partial charge in [-0.15, -0.1) is 0 Å². The maximum atomic E-state index is 9.82. The number of likely N-dealkylation sites (tertiary alicyclic amines) is 1. The lowest BCUT2D eigenvalue weighted by Crippen LogP contribution is -2.30. The largest absolute Gasteiger partial charge is 0.389 e. The smallest absolute Gasteiger partial charge is 0.0758 e.